The van der Waals surface area contributed by atoms with Gasteiger partial charge in [0.1, 0.15) is 32.3 Å². The number of H-pyrrole nitrogens is 2. The fourth-order valence-corrected chi connectivity index (χ4v) is 8.52. The quantitative estimate of drug-likeness (QED) is 0.205. The molecule has 2 aliphatic heterocycles. The fourth-order valence-electron chi connectivity index (χ4n) is 5.68. The fraction of sp³-hybridized carbons (Fsp3) is 0.562. The zero-order valence-corrected chi connectivity index (χ0v) is 32.6. The molecule has 48 heavy (non-hydrogen) atoms. The molecule has 0 aromatic carbocycles. The molecular formula is C32H40Br2N6O6S2. The van der Waals surface area contributed by atoms with Crippen LogP contribution in [0, 0.1) is 0 Å². The Morgan fingerprint density at radius 3 is 1.46 bits per heavy atom. The van der Waals surface area contributed by atoms with Gasteiger partial charge in [-0.15, -0.1) is 22.7 Å². The number of nitrogens with one attached hydrogen (secondary N) is 2. The van der Waals surface area contributed by atoms with Crippen molar-refractivity contribution in [2.45, 2.75) is 103 Å². The summed E-state index contributed by atoms with van der Waals surface area (Å²) >= 11 is 9.49. The highest BCUT2D eigenvalue weighted by Gasteiger charge is 2.34. The van der Waals surface area contributed by atoms with Crippen LogP contribution in [0.5, 0.6) is 0 Å². The van der Waals surface area contributed by atoms with E-state index in [0.29, 0.717) is 45.2 Å². The number of aromatic nitrogens is 4. The van der Waals surface area contributed by atoms with E-state index in [2.05, 4.69) is 51.8 Å². The first kappa shape index (κ1) is 36.5. The zero-order chi connectivity index (χ0) is 35.0. The van der Waals surface area contributed by atoms with E-state index in [4.69, 9.17) is 9.47 Å². The molecule has 12 nitrogen and oxygen atoms in total. The smallest absolute Gasteiger partial charge is 0.410 e. The molecule has 4 aromatic heterocycles. The number of piperidine rings is 2. The second-order valence-corrected chi connectivity index (χ2v) is 18.7. The van der Waals surface area contributed by atoms with E-state index < -0.39 is 11.2 Å². The van der Waals surface area contributed by atoms with Gasteiger partial charge in [-0.3, -0.25) is 19.4 Å². The van der Waals surface area contributed by atoms with Gasteiger partial charge < -0.3 is 19.4 Å². The number of hydrogen-bond donors (Lipinski definition) is 2. The number of hydrogen-bond acceptors (Lipinski definition) is 10. The number of halogens is 2. The van der Waals surface area contributed by atoms with Gasteiger partial charge in [0.15, 0.2) is 0 Å². The van der Waals surface area contributed by atoms with Crippen molar-refractivity contribution in [3.05, 3.63) is 52.1 Å². The van der Waals surface area contributed by atoms with Gasteiger partial charge in [0.25, 0.3) is 11.1 Å². The Morgan fingerprint density at radius 1 is 0.729 bits per heavy atom. The number of rotatable bonds is 2. The number of nitrogens with zero attached hydrogens (tertiary/aromatic N) is 4. The molecule has 260 valence electrons. The summed E-state index contributed by atoms with van der Waals surface area (Å²) in [7, 11) is 0. The first-order chi connectivity index (χ1) is 22.5. The van der Waals surface area contributed by atoms with E-state index in [1.165, 1.54) is 22.7 Å². The lowest BCUT2D eigenvalue weighted by atomic mass is 10.0. The largest absolute Gasteiger partial charge is 0.444 e. The van der Waals surface area contributed by atoms with E-state index in [1.54, 1.807) is 9.80 Å². The van der Waals surface area contributed by atoms with Gasteiger partial charge in [0.05, 0.1) is 30.7 Å². The number of amides is 2. The van der Waals surface area contributed by atoms with E-state index in [1.807, 2.05) is 53.7 Å². The molecule has 2 fully saturated rings. The molecule has 4 aromatic rings. The molecule has 0 radical (unpaired) electrons. The van der Waals surface area contributed by atoms with Crippen molar-refractivity contribution < 1.29 is 19.1 Å². The molecule has 2 saturated heterocycles. The monoisotopic (exact) mass is 826 g/mol. The summed E-state index contributed by atoms with van der Waals surface area (Å²) in [5, 5.41) is 0. The summed E-state index contributed by atoms with van der Waals surface area (Å²) < 4.78 is 13.9. The van der Waals surface area contributed by atoms with E-state index in [0.717, 1.165) is 46.1 Å². The minimum atomic E-state index is -0.553. The summed E-state index contributed by atoms with van der Waals surface area (Å²) in [5.41, 5.74) is -0.133. The number of likely N-dealkylation sites (tertiary alicyclic amines) is 2. The lowest BCUT2D eigenvalue weighted by molar-refractivity contribution is 0.00750. The first-order valence-corrected chi connectivity index (χ1v) is 19.1. The zero-order valence-electron chi connectivity index (χ0n) is 27.8. The molecule has 6 rings (SSSR count). The van der Waals surface area contributed by atoms with Crippen LogP contribution in [0.25, 0.3) is 20.4 Å². The van der Waals surface area contributed by atoms with Crippen molar-refractivity contribution in [2.24, 2.45) is 0 Å². The summed E-state index contributed by atoms with van der Waals surface area (Å²) in [6.07, 6.45) is 4.62. The van der Waals surface area contributed by atoms with Gasteiger partial charge in [-0.25, -0.2) is 19.6 Å². The number of carbonyl (C=O) groups excluding carboxylic acids is 2. The van der Waals surface area contributed by atoms with Crippen molar-refractivity contribution in [1.29, 1.82) is 0 Å². The van der Waals surface area contributed by atoms with Crippen LogP contribution in [0.1, 0.15) is 104 Å². The minimum Gasteiger partial charge on any atom is -0.444 e. The van der Waals surface area contributed by atoms with Crippen LogP contribution < -0.4 is 11.1 Å². The average molecular weight is 829 g/mol. The minimum absolute atomic E-state index is 0.166. The number of fused-ring (bicyclic) bond motifs is 2. The van der Waals surface area contributed by atoms with E-state index in [9.17, 15) is 19.2 Å². The molecule has 0 spiro atoms. The Morgan fingerprint density at radius 2 is 1.10 bits per heavy atom. The third-order valence-electron chi connectivity index (χ3n) is 7.64. The second kappa shape index (κ2) is 14.6. The van der Waals surface area contributed by atoms with Crippen molar-refractivity contribution >= 4 is 87.2 Å². The van der Waals surface area contributed by atoms with Crippen LogP contribution >= 0.6 is 54.5 Å². The molecule has 0 unspecified atom stereocenters. The molecule has 2 amide bonds. The van der Waals surface area contributed by atoms with Gasteiger partial charge in [-0.05, 0) is 124 Å². The standard InChI is InChI=1S/2C16H20BrN3O3S/c2*1-16(2,3)23-15(22)20-7-5-4-6-10(20)13-18-9-8-11(17)24-12(9)14(21)19-13/h2*8,10H,4-7H2,1-3H3,(H,18,19,21)/t2*10-/m00/s1. The highest BCUT2D eigenvalue weighted by molar-refractivity contribution is 9.11. The molecule has 2 N–H and O–H groups in total. The van der Waals surface area contributed by atoms with Crippen LogP contribution in [-0.2, 0) is 9.47 Å². The highest BCUT2D eigenvalue weighted by atomic mass is 79.9. The molecule has 0 bridgehead atoms. The lowest BCUT2D eigenvalue weighted by Gasteiger charge is -2.36. The van der Waals surface area contributed by atoms with Crippen LogP contribution in [0.15, 0.2) is 29.3 Å². The highest BCUT2D eigenvalue weighted by Crippen LogP contribution is 2.34. The van der Waals surface area contributed by atoms with Crippen molar-refractivity contribution in [3.8, 4) is 0 Å². The van der Waals surface area contributed by atoms with Gasteiger partial charge in [0.2, 0.25) is 0 Å². The van der Waals surface area contributed by atoms with Crippen molar-refractivity contribution in [2.75, 3.05) is 13.1 Å². The topological polar surface area (TPSA) is 151 Å². The average Bonchev–Trinajstić information content (AvgIpc) is 3.57. The maximum atomic E-state index is 12.5. The van der Waals surface area contributed by atoms with Gasteiger partial charge >= 0.3 is 12.2 Å². The molecule has 0 saturated carbocycles. The van der Waals surface area contributed by atoms with Crippen LogP contribution in [0.2, 0.25) is 0 Å². The molecular weight excluding hydrogens is 788 g/mol. The Hall–Kier alpha value is -2.82. The Bertz CT molecular complexity index is 1790. The third-order valence-corrected chi connectivity index (χ3v) is 10.9. The molecule has 16 heteroatoms. The Balaban J connectivity index is 0.000000188. The number of thiophene rings is 2. The predicted molar refractivity (Wildman–Crippen MR) is 195 cm³/mol. The molecule has 0 aliphatic carbocycles. The summed E-state index contributed by atoms with van der Waals surface area (Å²) in [6, 6.07) is 3.15. The molecule has 2 atom stereocenters. The van der Waals surface area contributed by atoms with Crippen molar-refractivity contribution in [1.82, 2.24) is 29.7 Å². The number of ether oxygens (including phenoxy) is 2. The maximum Gasteiger partial charge on any atom is 0.410 e. The van der Waals surface area contributed by atoms with Crippen LogP contribution in [0.3, 0.4) is 0 Å². The Kier molecular flexibility index (Phi) is 11.1. The maximum absolute atomic E-state index is 12.5. The van der Waals surface area contributed by atoms with Gasteiger partial charge in [-0.2, -0.15) is 0 Å². The summed E-state index contributed by atoms with van der Waals surface area (Å²) in [5.74, 6) is 1.06. The van der Waals surface area contributed by atoms with E-state index in [-0.39, 0.29) is 35.4 Å². The number of aromatic amines is 2. The lowest BCUT2D eigenvalue weighted by Crippen LogP contribution is -2.42. The second-order valence-electron chi connectivity index (χ2n) is 13.8. The third kappa shape index (κ3) is 8.85. The molecule has 6 heterocycles. The van der Waals surface area contributed by atoms with Crippen molar-refractivity contribution in [3.63, 3.8) is 0 Å². The van der Waals surface area contributed by atoms with Gasteiger partial charge in [-0.1, -0.05) is 0 Å². The SMILES string of the molecule is CC(C)(C)OC(=O)N1CCCC[C@H]1c1nc2cc(Br)sc2c(=O)[nH]1.CC(C)(C)OC(=O)N1CCCC[C@H]1c1nc2cc(Br)sc2c(=O)[nH]1. The van der Waals surface area contributed by atoms with E-state index >= 15 is 0 Å². The van der Waals surface area contributed by atoms with Crippen LogP contribution in [0.4, 0.5) is 9.59 Å². The summed E-state index contributed by atoms with van der Waals surface area (Å²) in [6.45, 7) is 12.3. The first-order valence-electron chi connectivity index (χ1n) is 15.9. The Labute approximate surface area is 302 Å². The predicted octanol–water partition coefficient (Wildman–Crippen LogP) is 8.42. The van der Waals surface area contributed by atoms with Crippen LogP contribution in [-0.4, -0.2) is 66.2 Å². The van der Waals surface area contributed by atoms with Gasteiger partial charge in [0, 0.05) is 13.1 Å². The number of carbonyl (C=O) groups is 2. The summed E-state index contributed by atoms with van der Waals surface area (Å²) in [4.78, 5) is 67.9. The normalized spacial score (nSPS) is 18.8. The molecule has 2 aliphatic rings.